The molecule has 0 radical (unpaired) electrons. The second kappa shape index (κ2) is 11.5. The number of nitriles is 1. The van der Waals surface area contributed by atoms with Crippen molar-refractivity contribution in [2.75, 3.05) is 19.0 Å². The molecule has 2 amide bonds. The molecule has 174 valence electrons. The summed E-state index contributed by atoms with van der Waals surface area (Å²) in [4.78, 5) is 26.0. The molecule has 1 aromatic carbocycles. The number of hydrogen-bond acceptors (Lipinski definition) is 6. The van der Waals surface area contributed by atoms with Gasteiger partial charge in [-0.05, 0) is 61.4 Å². The molecule has 0 saturated heterocycles. The molecular formula is C25H29N3O4S. The van der Waals surface area contributed by atoms with Gasteiger partial charge in [0.25, 0.3) is 11.8 Å². The Hall–Kier alpha value is -3.31. The molecule has 0 fully saturated rings. The van der Waals surface area contributed by atoms with E-state index in [1.54, 1.807) is 25.3 Å². The van der Waals surface area contributed by atoms with E-state index in [1.165, 1.54) is 17.4 Å². The fourth-order valence-electron chi connectivity index (χ4n) is 3.83. The molecule has 0 aliphatic heterocycles. The number of benzene rings is 1. The maximum absolute atomic E-state index is 12.9. The summed E-state index contributed by atoms with van der Waals surface area (Å²) in [7, 11) is 1.55. The first-order chi connectivity index (χ1) is 16.0. The normalized spacial score (nSPS) is 13.1. The van der Waals surface area contributed by atoms with Crippen LogP contribution >= 0.6 is 11.3 Å². The molecule has 3 N–H and O–H groups in total. The summed E-state index contributed by atoms with van der Waals surface area (Å²) in [6.07, 6.45) is 8.31. The van der Waals surface area contributed by atoms with Crippen LogP contribution < -0.4 is 20.5 Å². The molecule has 7 nitrogen and oxygen atoms in total. The van der Waals surface area contributed by atoms with Crippen LogP contribution in [0.1, 0.15) is 65.4 Å². The molecule has 0 saturated carbocycles. The number of hydrogen-bond donors (Lipinski definition) is 2. The Labute approximate surface area is 198 Å². The van der Waals surface area contributed by atoms with Crippen LogP contribution in [0.4, 0.5) is 5.00 Å². The van der Waals surface area contributed by atoms with E-state index in [2.05, 4.69) is 12.2 Å². The van der Waals surface area contributed by atoms with Crippen LogP contribution in [-0.2, 0) is 17.6 Å². The Bertz CT molecular complexity index is 1100. The van der Waals surface area contributed by atoms with Crippen LogP contribution in [0.15, 0.2) is 23.8 Å². The quantitative estimate of drug-likeness (QED) is 0.294. The Morgan fingerprint density at radius 3 is 2.73 bits per heavy atom. The van der Waals surface area contributed by atoms with Crippen molar-refractivity contribution >= 4 is 34.2 Å². The molecule has 1 heterocycles. The van der Waals surface area contributed by atoms with Crippen molar-refractivity contribution in [2.45, 2.75) is 51.9 Å². The molecule has 1 aliphatic carbocycles. The highest BCUT2D eigenvalue weighted by atomic mass is 32.1. The zero-order valence-electron chi connectivity index (χ0n) is 19.0. The summed E-state index contributed by atoms with van der Waals surface area (Å²) in [6, 6.07) is 7.20. The minimum Gasteiger partial charge on any atom is -0.493 e. The summed E-state index contributed by atoms with van der Waals surface area (Å²) >= 11 is 1.37. The fourth-order valence-corrected chi connectivity index (χ4v) is 5.12. The molecule has 33 heavy (non-hydrogen) atoms. The zero-order valence-corrected chi connectivity index (χ0v) is 19.8. The third kappa shape index (κ3) is 5.93. The number of fused-ring (bicyclic) bond motifs is 1. The number of thiophene rings is 1. The Balaban J connectivity index is 1.80. The Morgan fingerprint density at radius 2 is 2.03 bits per heavy atom. The highest BCUT2D eigenvalue weighted by Crippen LogP contribution is 2.38. The number of nitrogens with zero attached hydrogens (tertiary/aromatic N) is 1. The van der Waals surface area contributed by atoms with Crippen molar-refractivity contribution in [2.24, 2.45) is 5.73 Å². The first-order valence-corrected chi connectivity index (χ1v) is 12.0. The Morgan fingerprint density at radius 1 is 1.24 bits per heavy atom. The summed E-state index contributed by atoms with van der Waals surface area (Å²) in [5, 5.41) is 12.7. The number of nitrogens with two attached hydrogens (primary N) is 1. The van der Waals surface area contributed by atoms with E-state index in [4.69, 9.17) is 15.2 Å². The lowest BCUT2D eigenvalue weighted by Gasteiger charge is -2.11. The molecular weight excluding hydrogens is 438 g/mol. The molecule has 1 aromatic heterocycles. The average Bonchev–Trinajstić information content (AvgIpc) is 3.18. The van der Waals surface area contributed by atoms with E-state index >= 15 is 0 Å². The van der Waals surface area contributed by atoms with Gasteiger partial charge >= 0.3 is 0 Å². The summed E-state index contributed by atoms with van der Waals surface area (Å²) in [5.41, 5.74) is 7.43. The van der Waals surface area contributed by atoms with E-state index in [9.17, 15) is 14.9 Å². The predicted octanol–water partition coefficient (Wildman–Crippen LogP) is 4.85. The van der Waals surface area contributed by atoms with Gasteiger partial charge in [0.1, 0.15) is 16.6 Å². The van der Waals surface area contributed by atoms with Crippen molar-refractivity contribution in [1.29, 1.82) is 5.26 Å². The van der Waals surface area contributed by atoms with Crippen molar-refractivity contribution in [3.63, 3.8) is 0 Å². The van der Waals surface area contributed by atoms with Crippen molar-refractivity contribution < 1.29 is 19.1 Å². The zero-order chi connectivity index (χ0) is 23.8. The highest BCUT2D eigenvalue weighted by Gasteiger charge is 2.25. The van der Waals surface area contributed by atoms with Crippen LogP contribution in [0.2, 0.25) is 0 Å². The lowest BCUT2D eigenvalue weighted by Crippen LogP contribution is -2.19. The smallest absolute Gasteiger partial charge is 0.266 e. The summed E-state index contributed by atoms with van der Waals surface area (Å²) in [6.45, 7) is 2.73. The van der Waals surface area contributed by atoms with Gasteiger partial charge in [-0.1, -0.05) is 25.8 Å². The first-order valence-electron chi connectivity index (χ1n) is 11.2. The monoisotopic (exact) mass is 467 g/mol. The molecule has 0 spiro atoms. The predicted molar refractivity (Wildman–Crippen MR) is 130 cm³/mol. The van der Waals surface area contributed by atoms with E-state index < -0.39 is 11.8 Å². The van der Waals surface area contributed by atoms with Crippen molar-refractivity contribution in [3.8, 4) is 17.6 Å². The maximum Gasteiger partial charge on any atom is 0.266 e. The number of aryl methyl sites for hydroxylation is 1. The van der Waals surface area contributed by atoms with E-state index in [1.807, 2.05) is 6.07 Å². The number of unbranched alkanes of at least 4 members (excludes halogenated alkanes) is 2. The van der Waals surface area contributed by atoms with Crippen molar-refractivity contribution in [3.05, 3.63) is 45.3 Å². The molecule has 0 atom stereocenters. The molecule has 1 aliphatic rings. The van der Waals surface area contributed by atoms with E-state index in [-0.39, 0.29) is 5.57 Å². The van der Waals surface area contributed by atoms with E-state index in [0.29, 0.717) is 34.2 Å². The van der Waals surface area contributed by atoms with Gasteiger partial charge in [-0.25, -0.2) is 0 Å². The van der Waals surface area contributed by atoms with Gasteiger partial charge in [0.05, 0.1) is 19.3 Å². The average molecular weight is 468 g/mol. The lowest BCUT2D eigenvalue weighted by molar-refractivity contribution is -0.112. The summed E-state index contributed by atoms with van der Waals surface area (Å²) in [5.74, 6) is -0.00669. The molecule has 3 rings (SSSR count). The second-order valence-electron chi connectivity index (χ2n) is 7.87. The second-order valence-corrected chi connectivity index (χ2v) is 8.97. The standard InChI is InChI=1S/C25H29N3O4S/c1-3-4-7-12-32-19-11-10-16(14-20(19)31-2)13-17(15-26)24(30)28-25-22(23(27)29)18-8-5-6-9-21(18)33-25/h10-11,13-14H,3-9,12H2,1-2H3,(H2,27,29)(H,28,30)/b17-13-. The third-order valence-corrected chi connectivity index (χ3v) is 6.72. The van der Waals surface area contributed by atoms with Crippen LogP contribution in [0.25, 0.3) is 6.08 Å². The number of ether oxygens (including phenoxy) is 2. The van der Waals surface area contributed by atoms with Crippen molar-refractivity contribution in [1.82, 2.24) is 0 Å². The number of nitrogens with one attached hydrogen (secondary N) is 1. The Kier molecular flexibility index (Phi) is 8.50. The number of carbonyl (C=O) groups is 2. The van der Waals surface area contributed by atoms with Gasteiger partial charge in [0.15, 0.2) is 11.5 Å². The minimum absolute atomic E-state index is 0.0875. The molecule has 2 aromatic rings. The van der Waals surface area contributed by atoms with Crippen LogP contribution in [0.5, 0.6) is 11.5 Å². The number of rotatable bonds is 10. The molecule has 0 unspecified atom stereocenters. The van der Waals surface area contributed by atoms with Crippen LogP contribution in [0.3, 0.4) is 0 Å². The number of anilines is 1. The topological polar surface area (TPSA) is 114 Å². The van der Waals surface area contributed by atoms with Gasteiger partial charge in [-0.3, -0.25) is 9.59 Å². The van der Waals surface area contributed by atoms with Gasteiger partial charge in [-0.15, -0.1) is 11.3 Å². The van der Waals surface area contributed by atoms with Crippen LogP contribution in [0, 0.1) is 11.3 Å². The van der Waals surface area contributed by atoms with Gasteiger partial charge in [-0.2, -0.15) is 5.26 Å². The maximum atomic E-state index is 12.9. The minimum atomic E-state index is -0.586. The number of methoxy groups -OCH3 is 1. The largest absolute Gasteiger partial charge is 0.493 e. The number of primary amides is 1. The number of carbonyl (C=O) groups excluding carboxylic acids is 2. The van der Waals surface area contributed by atoms with Crippen LogP contribution in [-0.4, -0.2) is 25.5 Å². The van der Waals surface area contributed by atoms with Gasteiger partial charge < -0.3 is 20.5 Å². The highest BCUT2D eigenvalue weighted by molar-refractivity contribution is 7.17. The summed E-state index contributed by atoms with van der Waals surface area (Å²) < 4.78 is 11.2. The van der Waals surface area contributed by atoms with E-state index in [0.717, 1.165) is 55.4 Å². The molecule has 8 heteroatoms. The first kappa shape index (κ1) is 24.3. The van der Waals surface area contributed by atoms with Gasteiger partial charge in [0, 0.05) is 4.88 Å². The third-order valence-electron chi connectivity index (χ3n) is 5.51. The lowest BCUT2D eigenvalue weighted by atomic mass is 9.95. The molecule has 0 bridgehead atoms. The number of amides is 2. The fraction of sp³-hybridized carbons (Fsp3) is 0.400. The SMILES string of the molecule is CCCCCOc1ccc(/C=C(/C#N)C(=O)Nc2sc3c(c2C(N)=O)CCCC3)cc1OC. The van der Waals surface area contributed by atoms with Gasteiger partial charge in [0.2, 0.25) is 0 Å².